The van der Waals surface area contributed by atoms with Gasteiger partial charge in [0.15, 0.2) is 0 Å². The summed E-state index contributed by atoms with van der Waals surface area (Å²) in [5, 5.41) is 0. The molecule has 0 amide bonds. The van der Waals surface area contributed by atoms with Gasteiger partial charge in [-0.25, -0.2) is 0 Å². The highest BCUT2D eigenvalue weighted by Gasteiger charge is 2.40. The van der Waals surface area contributed by atoms with Crippen LogP contribution in [0.25, 0.3) is 0 Å². The van der Waals surface area contributed by atoms with Crippen LogP contribution in [0.4, 0.5) is 0 Å². The zero-order valence-electron chi connectivity index (χ0n) is 9.56. The maximum absolute atomic E-state index is 5.78. The van der Waals surface area contributed by atoms with Crippen molar-refractivity contribution >= 4 is 0 Å². The summed E-state index contributed by atoms with van der Waals surface area (Å²) in [6.07, 6.45) is 10.1. The van der Waals surface area contributed by atoms with Crippen LogP contribution in [0.2, 0.25) is 0 Å². The molecular weight excluding hydrogens is 196 g/mol. The Bertz CT molecular complexity index is 382. The summed E-state index contributed by atoms with van der Waals surface area (Å²) >= 11 is 0. The molecule has 1 aromatic carbocycles. The van der Waals surface area contributed by atoms with Gasteiger partial charge in [-0.05, 0) is 49.1 Å². The lowest BCUT2D eigenvalue weighted by Gasteiger charge is -2.23. The van der Waals surface area contributed by atoms with Crippen molar-refractivity contribution in [2.45, 2.75) is 25.7 Å². The molecule has 1 fully saturated rings. The molecule has 2 aliphatic carbocycles. The molecule has 0 N–H and O–H groups in total. The lowest BCUT2D eigenvalue weighted by molar-refractivity contribution is 0.242. The van der Waals surface area contributed by atoms with Crippen molar-refractivity contribution in [2.24, 2.45) is 11.3 Å². The molecule has 1 aromatic rings. The lowest BCUT2D eigenvalue weighted by Crippen LogP contribution is -2.15. The summed E-state index contributed by atoms with van der Waals surface area (Å²) in [5.41, 5.74) is 0.486. The third-order valence-corrected chi connectivity index (χ3v) is 4.02. The van der Waals surface area contributed by atoms with Crippen molar-refractivity contribution in [3.05, 3.63) is 42.5 Å². The molecule has 0 heterocycles. The van der Waals surface area contributed by atoms with Crippen LogP contribution >= 0.6 is 0 Å². The van der Waals surface area contributed by atoms with Crippen LogP contribution in [0, 0.1) is 11.3 Å². The van der Waals surface area contributed by atoms with E-state index in [0.29, 0.717) is 5.41 Å². The Morgan fingerprint density at radius 1 is 1.25 bits per heavy atom. The zero-order valence-corrected chi connectivity index (χ0v) is 9.56. The normalized spacial score (nSPS) is 30.9. The standard InChI is InChI=1S/C15H18O/c1-2-4-14(5-3-1)16-11-10-15-8-6-13(12-15)7-9-15/h1-6,8,13H,7,9-12H2. The Labute approximate surface area is 97.1 Å². The molecule has 0 saturated heterocycles. The second kappa shape index (κ2) is 3.97. The molecule has 1 saturated carbocycles. The van der Waals surface area contributed by atoms with Crippen molar-refractivity contribution < 1.29 is 4.74 Å². The Morgan fingerprint density at radius 2 is 2.12 bits per heavy atom. The van der Waals surface area contributed by atoms with Crippen molar-refractivity contribution in [3.63, 3.8) is 0 Å². The first-order valence-electron chi connectivity index (χ1n) is 6.24. The predicted octanol–water partition coefficient (Wildman–Crippen LogP) is 3.81. The molecule has 84 valence electrons. The molecule has 2 atom stereocenters. The van der Waals surface area contributed by atoms with Gasteiger partial charge in [-0.3, -0.25) is 0 Å². The van der Waals surface area contributed by atoms with Gasteiger partial charge in [0.1, 0.15) is 5.75 Å². The summed E-state index contributed by atoms with van der Waals surface area (Å²) in [7, 11) is 0. The van der Waals surface area contributed by atoms with Gasteiger partial charge in [-0.15, -0.1) is 0 Å². The molecule has 1 heteroatoms. The minimum absolute atomic E-state index is 0.486. The van der Waals surface area contributed by atoms with Crippen molar-refractivity contribution in [2.75, 3.05) is 6.61 Å². The average molecular weight is 214 g/mol. The van der Waals surface area contributed by atoms with E-state index in [1.807, 2.05) is 30.3 Å². The number of benzene rings is 1. The number of para-hydroxylation sites is 1. The molecule has 2 unspecified atom stereocenters. The molecule has 0 spiro atoms. The third kappa shape index (κ3) is 1.87. The summed E-state index contributed by atoms with van der Waals surface area (Å²) in [6, 6.07) is 10.1. The van der Waals surface area contributed by atoms with E-state index in [4.69, 9.17) is 4.74 Å². The predicted molar refractivity (Wildman–Crippen MR) is 65.5 cm³/mol. The Hall–Kier alpha value is -1.24. The van der Waals surface area contributed by atoms with E-state index < -0.39 is 0 Å². The molecule has 2 aliphatic rings. The molecule has 1 nitrogen and oxygen atoms in total. The van der Waals surface area contributed by atoms with Gasteiger partial charge in [-0.2, -0.15) is 0 Å². The Morgan fingerprint density at radius 3 is 2.75 bits per heavy atom. The van der Waals surface area contributed by atoms with Gasteiger partial charge in [0, 0.05) is 0 Å². The molecule has 3 rings (SSSR count). The van der Waals surface area contributed by atoms with Gasteiger partial charge >= 0.3 is 0 Å². The fraction of sp³-hybridized carbons (Fsp3) is 0.467. The highest BCUT2D eigenvalue weighted by Crippen LogP contribution is 2.51. The second-order valence-corrected chi connectivity index (χ2v) is 5.14. The first-order chi connectivity index (χ1) is 7.86. The van der Waals surface area contributed by atoms with Gasteiger partial charge in [0.25, 0.3) is 0 Å². The van der Waals surface area contributed by atoms with E-state index in [9.17, 15) is 0 Å². The fourth-order valence-corrected chi connectivity index (χ4v) is 3.05. The monoisotopic (exact) mass is 214 g/mol. The molecule has 0 radical (unpaired) electrons. The molecule has 0 aliphatic heterocycles. The summed E-state index contributed by atoms with van der Waals surface area (Å²) in [4.78, 5) is 0. The number of allylic oxidation sites excluding steroid dienone is 2. The minimum atomic E-state index is 0.486. The highest BCUT2D eigenvalue weighted by atomic mass is 16.5. The fourth-order valence-electron chi connectivity index (χ4n) is 3.05. The van der Waals surface area contributed by atoms with Crippen LogP contribution < -0.4 is 4.74 Å². The number of hydrogen-bond acceptors (Lipinski definition) is 1. The highest BCUT2D eigenvalue weighted by molar-refractivity contribution is 5.21. The number of rotatable bonds is 4. The van der Waals surface area contributed by atoms with Crippen molar-refractivity contribution in [1.82, 2.24) is 0 Å². The van der Waals surface area contributed by atoms with E-state index in [1.165, 1.54) is 25.7 Å². The maximum atomic E-state index is 5.78. The van der Waals surface area contributed by atoms with E-state index >= 15 is 0 Å². The number of ether oxygens (including phenoxy) is 1. The molecule has 2 bridgehead atoms. The van der Waals surface area contributed by atoms with Crippen LogP contribution in [0.1, 0.15) is 25.7 Å². The van der Waals surface area contributed by atoms with Crippen LogP contribution in [0.15, 0.2) is 42.5 Å². The number of hydrogen-bond donors (Lipinski definition) is 0. The van der Waals surface area contributed by atoms with Crippen molar-refractivity contribution in [1.29, 1.82) is 0 Å². The first kappa shape index (κ1) is 9.95. The van der Waals surface area contributed by atoms with E-state index in [2.05, 4.69) is 12.2 Å². The minimum Gasteiger partial charge on any atom is -0.494 e. The van der Waals surface area contributed by atoms with Crippen molar-refractivity contribution in [3.8, 4) is 5.75 Å². The van der Waals surface area contributed by atoms with Crippen LogP contribution in [0.3, 0.4) is 0 Å². The SMILES string of the molecule is C1=CC2(CCOc3ccccc3)CCC1C2. The second-order valence-electron chi connectivity index (χ2n) is 5.14. The van der Waals surface area contributed by atoms with Crippen LogP contribution in [-0.2, 0) is 0 Å². The van der Waals surface area contributed by atoms with Gasteiger partial charge in [0.05, 0.1) is 6.61 Å². The smallest absolute Gasteiger partial charge is 0.119 e. The summed E-state index contributed by atoms with van der Waals surface area (Å²) < 4.78 is 5.78. The van der Waals surface area contributed by atoms with Gasteiger partial charge in [0.2, 0.25) is 0 Å². The zero-order chi connectivity index (χ0) is 10.8. The van der Waals surface area contributed by atoms with Gasteiger partial charge in [-0.1, -0.05) is 30.4 Å². The lowest BCUT2D eigenvalue weighted by atomic mass is 9.85. The van der Waals surface area contributed by atoms with E-state index in [-0.39, 0.29) is 0 Å². The van der Waals surface area contributed by atoms with Crippen LogP contribution in [-0.4, -0.2) is 6.61 Å². The maximum Gasteiger partial charge on any atom is 0.119 e. The average Bonchev–Trinajstić information content (AvgIpc) is 2.91. The van der Waals surface area contributed by atoms with E-state index in [1.54, 1.807) is 0 Å². The molecule has 0 aromatic heterocycles. The van der Waals surface area contributed by atoms with Gasteiger partial charge < -0.3 is 4.74 Å². The Kier molecular flexibility index (Phi) is 2.47. The topological polar surface area (TPSA) is 9.23 Å². The number of fused-ring (bicyclic) bond motifs is 2. The molecule has 16 heavy (non-hydrogen) atoms. The summed E-state index contributed by atoms with van der Waals surface area (Å²) in [5.74, 6) is 1.87. The third-order valence-electron chi connectivity index (χ3n) is 4.02. The Balaban J connectivity index is 1.53. The van der Waals surface area contributed by atoms with E-state index in [0.717, 1.165) is 18.3 Å². The largest absolute Gasteiger partial charge is 0.494 e. The van der Waals surface area contributed by atoms with Crippen LogP contribution in [0.5, 0.6) is 5.75 Å². The summed E-state index contributed by atoms with van der Waals surface area (Å²) in [6.45, 7) is 0.848. The first-order valence-corrected chi connectivity index (χ1v) is 6.24. The molecular formula is C15H18O. The quantitative estimate of drug-likeness (QED) is 0.692.